The van der Waals surface area contributed by atoms with Crippen LogP contribution in [0.5, 0.6) is 0 Å². The minimum atomic E-state index is -0.500. The smallest absolute Gasteiger partial charge is 0.350 e. The average Bonchev–Trinajstić information content (AvgIpc) is 3.25. The lowest BCUT2D eigenvalue weighted by Gasteiger charge is -2.06. The highest BCUT2D eigenvalue weighted by Gasteiger charge is 2.16. The van der Waals surface area contributed by atoms with Gasteiger partial charge in [0.15, 0.2) is 0 Å². The molecule has 0 spiro atoms. The summed E-state index contributed by atoms with van der Waals surface area (Å²) >= 11 is 1.19. The number of nitrogens with one attached hydrogen (secondary N) is 1. The summed E-state index contributed by atoms with van der Waals surface area (Å²) < 4.78 is 6.22. The van der Waals surface area contributed by atoms with Gasteiger partial charge in [0.1, 0.15) is 4.88 Å². The van der Waals surface area contributed by atoms with Crippen molar-refractivity contribution in [3.05, 3.63) is 52.9 Å². The van der Waals surface area contributed by atoms with Gasteiger partial charge in [0.2, 0.25) is 11.8 Å². The second-order valence-electron chi connectivity index (χ2n) is 5.34. The topological polar surface area (TPSA) is 77.4 Å². The highest BCUT2D eigenvalue weighted by atomic mass is 32.1. The van der Waals surface area contributed by atoms with Gasteiger partial charge in [-0.2, -0.15) is 0 Å². The number of methoxy groups -OCH3 is 1. The van der Waals surface area contributed by atoms with Gasteiger partial charge in [0.25, 0.3) is 0 Å². The van der Waals surface area contributed by atoms with E-state index in [2.05, 4.69) is 10.1 Å². The molecule has 1 aromatic carbocycles. The highest BCUT2D eigenvalue weighted by molar-refractivity contribution is 7.12. The van der Waals surface area contributed by atoms with E-state index in [4.69, 9.17) is 0 Å². The summed E-state index contributed by atoms with van der Waals surface area (Å²) in [6.45, 7) is 0. The minimum absolute atomic E-state index is 0.0296. The van der Waals surface area contributed by atoms with E-state index in [0.717, 1.165) is 10.9 Å². The van der Waals surface area contributed by atoms with Crippen LogP contribution in [0, 0.1) is 0 Å². The van der Waals surface area contributed by atoms with Crippen LogP contribution in [0.1, 0.15) is 27.3 Å². The lowest BCUT2D eigenvalue weighted by atomic mass is 10.2. The maximum Gasteiger partial charge on any atom is 0.350 e. The van der Waals surface area contributed by atoms with Crippen molar-refractivity contribution in [2.24, 2.45) is 0 Å². The Labute approximate surface area is 148 Å². The number of rotatable bonds is 5. The number of hydrogen-bond donors (Lipinski definition) is 1. The van der Waals surface area contributed by atoms with Gasteiger partial charge < -0.3 is 10.1 Å². The Morgan fingerprint density at radius 2 is 1.92 bits per heavy atom. The first kappa shape index (κ1) is 16.9. The Bertz CT molecular complexity index is 941. The molecule has 0 aliphatic heterocycles. The average molecular weight is 356 g/mol. The van der Waals surface area contributed by atoms with Crippen molar-refractivity contribution in [1.29, 1.82) is 0 Å². The van der Waals surface area contributed by atoms with Gasteiger partial charge in [-0.15, -0.1) is 11.3 Å². The van der Waals surface area contributed by atoms with Crippen LogP contribution in [-0.4, -0.2) is 29.5 Å². The predicted octanol–water partition coefficient (Wildman–Crippen LogP) is 3.55. The zero-order chi connectivity index (χ0) is 17.8. The summed E-state index contributed by atoms with van der Waals surface area (Å²) in [7, 11) is 1.29. The summed E-state index contributed by atoms with van der Waals surface area (Å²) in [5.74, 6) is -0.983. The number of hydrogen-bond acceptors (Lipinski definition) is 5. The number of carbonyl (C=O) groups excluding carboxylic acids is 3. The number of aromatic nitrogens is 1. The quantitative estimate of drug-likeness (QED) is 0.709. The molecule has 3 aromatic rings. The third-order valence-corrected chi connectivity index (χ3v) is 4.64. The molecular formula is C18H16N2O4S. The molecule has 0 saturated carbocycles. The summed E-state index contributed by atoms with van der Waals surface area (Å²) in [5, 5.41) is 5.32. The molecule has 0 aliphatic rings. The molecular weight excluding hydrogens is 340 g/mol. The first-order valence-corrected chi connectivity index (χ1v) is 8.53. The maximum atomic E-state index is 12.4. The van der Waals surface area contributed by atoms with Gasteiger partial charge in [0.05, 0.1) is 18.3 Å². The van der Waals surface area contributed by atoms with Crippen LogP contribution in [-0.2, 0) is 9.53 Å². The van der Waals surface area contributed by atoms with Crippen molar-refractivity contribution in [3.8, 4) is 0 Å². The second-order valence-corrected chi connectivity index (χ2v) is 6.26. The lowest BCUT2D eigenvalue weighted by molar-refractivity contribution is -0.116. The first-order valence-electron chi connectivity index (χ1n) is 7.65. The Morgan fingerprint density at radius 1 is 1.12 bits per heavy atom. The van der Waals surface area contributed by atoms with E-state index >= 15 is 0 Å². The molecule has 0 unspecified atom stereocenters. The molecule has 0 aliphatic carbocycles. The number of carbonyl (C=O) groups is 3. The number of nitrogens with zero attached hydrogens (tertiary/aromatic N) is 1. The van der Waals surface area contributed by atoms with E-state index in [1.807, 2.05) is 30.3 Å². The molecule has 1 amide bonds. The fourth-order valence-corrected chi connectivity index (χ4v) is 3.28. The molecule has 1 N–H and O–H groups in total. The second kappa shape index (κ2) is 7.31. The van der Waals surface area contributed by atoms with E-state index in [-0.39, 0.29) is 24.7 Å². The third kappa shape index (κ3) is 3.61. The molecule has 2 aromatic heterocycles. The Balaban J connectivity index is 1.62. The minimum Gasteiger partial charge on any atom is -0.465 e. The van der Waals surface area contributed by atoms with E-state index in [9.17, 15) is 14.4 Å². The normalized spacial score (nSPS) is 10.6. The summed E-state index contributed by atoms with van der Waals surface area (Å²) in [4.78, 5) is 36.4. The standard InChI is InChI=1S/C18H16N2O4S/c1-24-18(23)17-13(9-11-25-17)19-15(21)6-7-16(22)20-10-8-12-4-2-3-5-14(12)20/h2-5,8-11H,6-7H2,1H3,(H,19,21). The number of benzene rings is 1. The van der Waals surface area contributed by atoms with Crippen molar-refractivity contribution in [2.45, 2.75) is 12.8 Å². The van der Waals surface area contributed by atoms with Gasteiger partial charge in [-0.05, 0) is 23.6 Å². The van der Waals surface area contributed by atoms with Crippen LogP contribution >= 0.6 is 11.3 Å². The van der Waals surface area contributed by atoms with Crippen LogP contribution in [0.3, 0.4) is 0 Å². The molecule has 2 heterocycles. The van der Waals surface area contributed by atoms with Crippen molar-refractivity contribution in [1.82, 2.24) is 4.57 Å². The third-order valence-electron chi connectivity index (χ3n) is 3.74. The molecule has 0 bridgehead atoms. The number of esters is 1. The van der Waals surface area contributed by atoms with Crippen LogP contribution in [0.15, 0.2) is 48.0 Å². The largest absolute Gasteiger partial charge is 0.465 e. The highest BCUT2D eigenvalue weighted by Crippen LogP contribution is 2.23. The van der Waals surface area contributed by atoms with E-state index < -0.39 is 5.97 Å². The predicted molar refractivity (Wildman–Crippen MR) is 96.1 cm³/mol. The van der Waals surface area contributed by atoms with Crippen molar-refractivity contribution < 1.29 is 19.1 Å². The van der Waals surface area contributed by atoms with E-state index in [0.29, 0.717) is 10.6 Å². The summed E-state index contributed by atoms with van der Waals surface area (Å²) in [6, 6.07) is 11.1. The first-order chi connectivity index (χ1) is 12.1. The van der Waals surface area contributed by atoms with Crippen LogP contribution in [0.2, 0.25) is 0 Å². The lowest BCUT2D eigenvalue weighted by Crippen LogP contribution is -2.17. The number of fused-ring (bicyclic) bond motifs is 1. The summed E-state index contributed by atoms with van der Waals surface area (Å²) in [6.07, 6.45) is 1.81. The zero-order valence-corrected chi connectivity index (χ0v) is 14.3. The zero-order valence-electron chi connectivity index (χ0n) is 13.5. The fraction of sp³-hybridized carbons (Fsp3) is 0.167. The SMILES string of the molecule is COC(=O)c1sccc1NC(=O)CCC(=O)n1ccc2ccccc21. The molecule has 0 radical (unpaired) electrons. The van der Waals surface area contributed by atoms with Gasteiger partial charge in [0, 0.05) is 24.4 Å². The molecule has 0 saturated heterocycles. The number of thiophene rings is 1. The van der Waals surface area contributed by atoms with Crippen molar-refractivity contribution >= 4 is 45.7 Å². The molecule has 6 nitrogen and oxygen atoms in total. The molecule has 7 heteroatoms. The van der Waals surface area contributed by atoms with Gasteiger partial charge in [-0.25, -0.2) is 4.79 Å². The number of amides is 1. The summed E-state index contributed by atoms with van der Waals surface area (Å²) in [5.41, 5.74) is 1.22. The Hall–Kier alpha value is -2.93. The van der Waals surface area contributed by atoms with Gasteiger partial charge in [-0.1, -0.05) is 18.2 Å². The molecule has 0 fully saturated rings. The van der Waals surface area contributed by atoms with Gasteiger partial charge >= 0.3 is 5.97 Å². The van der Waals surface area contributed by atoms with Crippen molar-refractivity contribution in [3.63, 3.8) is 0 Å². The Kier molecular flexibility index (Phi) is 4.95. The van der Waals surface area contributed by atoms with Crippen molar-refractivity contribution in [2.75, 3.05) is 12.4 Å². The maximum absolute atomic E-state index is 12.4. The van der Waals surface area contributed by atoms with Crippen LogP contribution in [0.25, 0.3) is 10.9 Å². The van der Waals surface area contributed by atoms with Crippen LogP contribution < -0.4 is 5.32 Å². The monoisotopic (exact) mass is 356 g/mol. The number of anilines is 1. The van der Waals surface area contributed by atoms with E-state index in [1.165, 1.54) is 18.4 Å². The number of ether oxygens (including phenoxy) is 1. The number of para-hydroxylation sites is 1. The molecule has 3 rings (SSSR count). The molecule has 0 atom stereocenters. The van der Waals surface area contributed by atoms with E-state index in [1.54, 1.807) is 22.2 Å². The Morgan fingerprint density at radius 3 is 2.72 bits per heavy atom. The fourth-order valence-electron chi connectivity index (χ4n) is 2.51. The molecule has 25 heavy (non-hydrogen) atoms. The van der Waals surface area contributed by atoms with Gasteiger partial charge in [-0.3, -0.25) is 14.2 Å². The molecule has 128 valence electrons. The van der Waals surface area contributed by atoms with Crippen LogP contribution in [0.4, 0.5) is 5.69 Å².